The highest BCUT2D eigenvalue weighted by molar-refractivity contribution is 5.89. The molecule has 1 saturated heterocycles. The molecule has 6 nitrogen and oxygen atoms in total. The molecule has 0 aromatic heterocycles. The molecule has 0 radical (unpaired) electrons. The first-order valence-electron chi connectivity index (χ1n) is 8.20. The second-order valence-electron chi connectivity index (χ2n) is 7.10. The summed E-state index contributed by atoms with van der Waals surface area (Å²) in [4.78, 5) is 28.4. The minimum atomic E-state index is -0.593. The van der Waals surface area contributed by atoms with Crippen molar-refractivity contribution in [2.75, 3.05) is 33.4 Å². The Kier molecular flexibility index (Phi) is 5.96. The van der Waals surface area contributed by atoms with Crippen LogP contribution in [-0.2, 0) is 20.9 Å². The molecule has 1 aliphatic heterocycles. The lowest BCUT2D eigenvalue weighted by Gasteiger charge is -2.38. The van der Waals surface area contributed by atoms with Gasteiger partial charge in [-0.2, -0.15) is 0 Å². The Labute approximate surface area is 143 Å². The number of hydrogen-bond donors (Lipinski definition) is 1. The van der Waals surface area contributed by atoms with Crippen molar-refractivity contribution >= 4 is 11.8 Å². The topological polar surface area (TPSA) is 75.9 Å². The van der Waals surface area contributed by atoms with Crippen LogP contribution >= 0.6 is 0 Å². The zero-order chi connectivity index (χ0) is 17.7. The van der Waals surface area contributed by atoms with Crippen LogP contribution in [0.2, 0.25) is 0 Å². The summed E-state index contributed by atoms with van der Waals surface area (Å²) in [7, 11) is 1.75. The maximum absolute atomic E-state index is 12.8. The van der Waals surface area contributed by atoms with E-state index in [4.69, 9.17) is 10.5 Å². The van der Waals surface area contributed by atoms with Crippen molar-refractivity contribution in [3.8, 4) is 0 Å². The molecule has 1 atom stereocenters. The van der Waals surface area contributed by atoms with Gasteiger partial charge in [0.1, 0.15) is 12.6 Å². The van der Waals surface area contributed by atoms with E-state index in [0.29, 0.717) is 19.6 Å². The maximum atomic E-state index is 12.8. The number of morpholine rings is 1. The standard InChI is InChI=1S/C18H27N3O3/c1-18(2,12-19)13-20(3)17(23)15-10-24-11-16(22)21(15)9-14-7-5-4-6-8-14/h4-8,15H,9-13,19H2,1-3H3/t15-/m1/s1. The number of nitrogens with two attached hydrogens (primary N) is 1. The summed E-state index contributed by atoms with van der Waals surface area (Å²) in [5.74, 6) is -0.268. The summed E-state index contributed by atoms with van der Waals surface area (Å²) < 4.78 is 5.33. The van der Waals surface area contributed by atoms with Crippen molar-refractivity contribution in [2.24, 2.45) is 11.1 Å². The molecule has 2 rings (SSSR count). The fourth-order valence-electron chi connectivity index (χ4n) is 2.83. The minimum Gasteiger partial charge on any atom is -0.369 e. The van der Waals surface area contributed by atoms with Gasteiger partial charge in [-0.05, 0) is 17.5 Å². The molecule has 0 saturated carbocycles. The predicted octanol–water partition coefficient (Wildman–Crippen LogP) is 0.857. The largest absolute Gasteiger partial charge is 0.369 e. The smallest absolute Gasteiger partial charge is 0.249 e. The van der Waals surface area contributed by atoms with Crippen molar-refractivity contribution in [3.05, 3.63) is 35.9 Å². The molecular formula is C18H27N3O3. The van der Waals surface area contributed by atoms with Crippen LogP contribution in [0.3, 0.4) is 0 Å². The van der Waals surface area contributed by atoms with Gasteiger partial charge >= 0.3 is 0 Å². The third-order valence-corrected chi connectivity index (χ3v) is 4.27. The van der Waals surface area contributed by atoms with Gasteiger partial charge in [-0.25, -0.2) is 0 Å². The molecule has 6 heteroatoms. The van der Waals surface area contributed by atoms with Crippen LogP contribution in [0.15, 0.2) is 30.3 Å². The van der Waals surface area contributed by atoms with Gasteiger partial charge in [0.15, 0.2) is 0 Å². The van der Waals surface area contributed by atoms with Crippen LogP contribution in [0.1, 0.15) is 19.4 Å². The van der Waals surface area contributed by atoms with Gasteiger partial charge in [-0.15, -0.1) is 0 Å². The molecule has 1 aromatic carbocycles. The summed E-state index contributed by atoms with van der Waals surface area (Å²) in [6.07, 6.45) is 0. The first-order chi connectivity index (χ1) is 11.3. The number of hydrogen-bond acceptors (Lipinski definition) is 4. The van der Waals surface area contributed by atoms with Crippen molar-refractivity contribution in [1.82, 2.24) is 9.80 Å². The Morgan fingerprint density at radius 2 is 2.04 bits per heavy atom. The van der Waals surface area contributed by atoms with Crippen molar-refractivity contribution in [2.45, 2.75) is 26.4 Å². The second-order valence-corrected chi connectivity index (χ2v) is 7.10. The maximum Gasteiger partial charge on any atom is 0.249 e. The Hall–Kier alpha value is -1.92. The van der Waals surface area contributed by atoms with Crippen molar-refractivity contribution in [1.29, 1.82) is 0 Å². The van der Waals surface area contributed by atoms with Crippen molar-refractivity contribution in [3.63, 3.8) is 0 Å². The molecule has 2 N–H and O–H groups in total. The Balaban J connectivity index is 2.12. The van der Waals surface area contributed by atoms with E-state index in [9.17, 15) is 9.59 Å². The van der Waals surface area contributed by atoms with Gasteiger partial charge in [0.25, 0.3) is 0 Å². The van der Waals surface area contributed by atoms with E-state index >= 15 is 0 Å². The molecule has 1 heterocycles. The molecular weight excluding hydrogens is 306 g/mol. The lowest BCUT2D eigenvalue weighted by molar-refractivity contribution is -0.159. The average Bonchev–Trinajstić information content (AvgIpc) is 2.56. The Bertz CT molecular complexity index is 574. The molecule has 0 bridgehead atoms. The third kappa shape index (κ3) is 4.55. The lowest BCUT2D eigenvalue weighted by Crippen LogP contribution is -2.57. The highest BCUT2D eigenvalue weighted by atomic mass is 16.5. The molecule has 0 spiro atoms. The second kappa shape index (κ2) is 7.77. The summed E-state index contributed by atoms with van der Waals surface area (Å²) in [5, 5.41) is 0. The van der Waals surface area contributed by atoms with E-state index in [1.807, 2.05) is 44.2 Å². The summed E-state index contributed by atoms with van der Waals surface area (Å²) in [5.41, 5.74) is 6.58. The first-order valence-corrected chi connectivity index (χ1v) is 8.20. The summed E-state index contributed by atoms with van der Waals surface area (Å²) >= 11 is 0. The van der Waals surface area contributed by atoms with E-state index in [-0.39, 0.29) is 30.4 Å². The van der Waals surface area contributed by atoms with E-state index in [1.165, 1.54) is 0 Å². The molecule has 24 heavy (non-hydrogen) atoms. The molecule has 132 valence electrons. The zero-order valence-electron chi connectivity index (χ0n) is 14.7. The Morgan fingerprint density at radius 1 is 1.38 bits per heavy atom. The molecule has 0 unspecified atom stereocenters. The lowest BCUT2D eigenvalue weighted by atomic mass is 9.93. The summed E-state index contributed by atoms with van der Waals surface area (Å²) in [6.45, 7) is 5.71. The van der Waals surface area contributed by atoms with Gasteiger partial charge in [0, 0.05) is 20.1 Å². The predicted molar refractivity (Wildman–Crippen MR) is 92.1 cm³/mol. The minimum absolute atomic E-state index is 0.0224. The zero-order valence-corrected chi connectivity index (χ0v) is 14.7. The highest BCUT2D eigenvalue weighted by Crippen LogP contribution is 2.18. The van der Waals surface area contributed by atoms with Crippen LogP contribution in [0.5, 0.6) is 0 Å². The quantitative estimate of drug-likeness (QED) is 0.838. The fourth-order valence-corrected chi connectivity index (χ4v) is 2.83. The Morgan fingerprint density at radius 3 is 2.67 bits per heavy atom. The normalized spacial score (nSPS) is 18.6. The van der Waals surface area contributed by atoms with Crippen LogP contribution < -0.4 is 5.73 Å². The van der Waals surface area contributed by atoms with Crippen LogP contribution in [0, 0.1) is 5.41 Å². The molecule has 1 aromatic rings. The molecule has 1 fully saturated rings. The van der Waals surface area contributed by atoms with E-state index in [1.54, 1.807) is 16.8 Å². The van der Waals surface area contributed by atoms with Gasteiger partial charge in [0.05, 0.1) is 6.61 Å². The number of amides is 2. The third-order valence-electron chi connectivity index (χ3n) is 4.27. The SMILES string of the molecule is CN(CC(C)(C)CN)C(=O)[C@H]1COCC(=O)N1Cc1ccccc1. The van der Waals surface area contributed by atoms with Crippen LogP contribution in [0.25, 0.3) is 0 Å². The number of carbonyl (C=O) groups is 2. The van der Waals surface area contributed by atoms with Crippen molar-refractivity contribution < 1.29 is 14.3 Å². The van der Waals surface area contributed by atoms with Crippen LogP contribution in [0.4, 0.5) is 0 Å². The number of ether oxygens (including phenoxy) is 1. The van der Waals surface area contributed by atoms with E-state index in [2.05, 4.69) is 0 Å². The van der Waals surface area contributed by atoms with Gasteiger partial charge in [-0.3, -0.25) is 9.59 Å². The number of likely N-dealkylation sites (N-methyl/N-ethyl adjacent to an activating group) is 1. The highest BCUT2D eigenvalue weighted by Gasteiger charge is 2.36. The fraction of sp³-hybridized carbons (Fsp3) is 0.556. The average molecular weight is 333 g/mol. The van der Waals surface area contributed by atoms with Gasteiger partial charge in [0.2, 0.25) is 11.8 Å². The number of rotatable bonds is 6. The van der Waals surface area contributed by atoms with E-state index < -0.39 is 6.04 Å². The number of nitrogens with zero attached hydrogens (tertiary/aromatic N) is 2. The van der Waals surface area contributed by atoms with E-state index in [0.717, 1.165) is 5.56 Å². The molecule has 0 aliphatic carbocycles. The number of carbonyl (C=O) groups excluding carboxylic acids is 2. The van der Waals surface area contributed by atoms with Gasteiger partial charge in [-0.1, -0.05) is 44.2 Å². The first kappa shape index (κ1) is 18.4. The van der Waals surface area contributed by atoms with Crippen LogP contribution in [-0.4, -0.2) is 61.0 Å². The van der Waals surface area contributed by atoms with Gasteiger partial charge < -0.3 is 20.3 Å². The monoisotopic (exact) mass is 333 g/mol. The molecule has 2 amide bonds. The summed E-state index contributed by atoms with van der Waals surface area (Å²) in [6, 6.07) is 9.08. The number of benzene rings is 1. The molecule has 1 aliphatic rings.